The maximum absolute atomic E-state index is 12.7. The number of nitrogens with one attached hydrogen (secondary N) is 1. The van der Waals surface area contributed by atoms with E-state index in [1.54, 1.807) is 12.1 Å². The fourth-order valence-electron chi connectivity index (χ4n) is 3.72. The molecule has 1 aromatic carbocycles. The number of hydrogen-bond donors (Lipinski definition) is 1. The van der Waals surface area contributed by atoms with Gasteiger partial charge in [0, 0.05) is 24.9 Å². The molecule has 0 bridgehead atoms. The quantitative estimate of drug-likeness (QED) is 0.694. The third kappa shape index (κ3) is 4.70. The first-order valence-electron chi connectivity index (χ1n) is 10.3. The predicted molar refractivity (Wildman–Crippen MR) is 104 cm³/mol. The molecule has 1 atom stereocenters. The molecule has 1 spiro atoms. The van der Waals surface area contributed by atoms with Crippen LogP contribution in [0.25, 0.3) is 0 Å². The Bertz CT molecular complexity index is 644. The zero-order valence-electron chi connectivity index (χ0n) is 17.0. The molecule has 0 aromatic heterocycles. The molecule has 7 heteroatoms. The van der Waals surface area contributed by atoms with E-state index in [1.165, 1.54) is 0 Å². The molecule has 1 aliphatic carbocycles. The average Bonchev–Trinajstić information content (AvgIpc) is 3.32. The van der Waals surface area contributed by atoms with Crippen LogP contribution in [0.15, 0.2) is 12.1 Å². The maximum atomic E-state index is 12.7. The van der Waals surface area contributed by atoms with Gasteiger partial charge < -0.3 is 29.0 Å². The topological polar surface area (TPSA) is 75.3 Å². The summed E-state index contributed by atoms with van der Waals surface area (Å²) in [6.07, 6.45) is 4.01. The van der Waals surface area contributed by atoms with E-state index < -0.39 is 5.79 Å². The Kier molecular flexibility index (Phi) is 7.02. The molecule has 2 fully saturated rings. The number of ether oxygens (including phenoxy) is 5. The lowest BCUT2D eigenvalue weighted by molar-refractivity contribution is -0.161. The van der Waals surface area contributed by atoms with Gasteiger partial charge >= 0.3 is 0 Å². The van der Waals surface area contributed by atoms with Crippen molar-refractivity contribution < 1.29 is 28.5 Å². The molecule has 1 saturated heterocycles. The molecule has 1 amide bonds. The van der Waals surface area contributed by atoms with Crippen molar-refractivity contribution >= 4 is 5.91 Å². The van der Waals surface area contributed by atoms with Crippen molar-refractivity contribution in [2.75, 3.05) is 33.0 Å². The number of rotatable bonds is 9. The van der Waals surface area contributed by atoms with Crippen molar-refractivity contribution in [3.05, 3.63) is 17.7 Å². The van der Waals surface area contributed by atoms with Gasteiger partial charge in [-0.05, 0) is 45.7 Å². The van der Waals surface area contributed by atoms with Crippen LogP contribution in [-0.2, 0) is 9.47 Å². The molecule has 2 aliphatic rings. The van der Waals surface area contributed by atoms with Crippen LogP contribution in [0.1, 0.15) is 56.8 Å². The number of benzene rings is 1. The van der Waals surface area contributed by atoms with Crippen LogP contribution >= 0.6 is 0 Å². The molecule has 1 unspecified atom stereocenters. The van der Waals surface area contributed by atoms with Gasteiger partial charge in [0.05, 0.1) is 26.4 Å². The van der Waals surface area contributed by atoms with Gasteiger partial charge in [-0.3, -0.25) is 4.79 Å². The second kappa shape index (κ2) is 9.47. The smallest absolute Gasteiger partial charge is 0.251 e. The lowest BCUT2D eigenvalue weighted by Gasteiger charge is -2.22. The van der Waals surface area contributed by atoms with Crippen LogP contribution in [0.5, 0.6) is 17.2 Å². The van der Waals surface area contributed by atoms with Crippen LogP contribution in [0.3, 0.4) is 0 Å². The molecular weight excluding hydrogens is 362 g/mol. The molecule has 28 heavy (non-hydrogen) atoms. The molecule has 156 valence electrons. The van der Waals surface area contributed by atoms with E-state index in [4.69, 9.17) is 23.7 Å². The summed E-state index contributed by atoms with van der Waals surface area (Å²) in [5, 5.41) is 2.94. The van der Waals surface area contributed by atoms with Gasteiger partial charge in [0.1, 0.15) is 6.10 Å². The molecule has 0 radical (unpaired) electrons. The van der Waals surface area contributed by atoms with Crippen LogP contribution in [0.2, 0.25) is 0 Å². The van der Waals surface area contributed by atoms with E-state index in [1.807, 2.05) is 20.8 Å². The number of carbonyl (C=O) groups excluding carboxylic acids is 1. The molecule has 1 aliphatic heterocycles. The minimum absolute atomic E-state index is 0.123. The van der Waals surface area contributed by atoms with Crippen molar-refractivity contribution in [3.63, 3.8) is 0 Å². The van der Waals surface area contributed by atoms with Crippen LogP contribution in [-0.4, -0.2) is 50.8 Å². The molecule has 1 saturated carbocycles. The minimum Gasteiger partial charge on any atom is -0.490 e. The highest BCUT2D eigenvalue weighted by Crippen LogP contribution is 2.40. The van der Waals surface area contributed by atoms with E-state index in [9.17, 15) is 4.79 Å². The van der Waals surface area contributed by atoms with Gasteiger partial charge in [0.25, 0.3) is 5.91 Å². The third-order valence-electron chi connectivity index (χ3n) is 4.94. The van der Waals surface area contributed by atoms with Gasteiger partial charge in [-0.2, -0.15) is 0 Å². The van der Waals surface area contributed by atoms with E-state index in [-0.39, 0.29) is 12.0 Å². The summed E-state index contributed by atoms with van der Waals surface area (Å²) in [5.74, 6) is 0.912. The summed E-state index contributed by atoms with van der Waals surface area (Å²) in [6, 6.07) is 3.38. The number of amides is 1. The summed E-state index contributed by atoms with van der Waals surface area (Å²) in [5.41, 5.74) is 0.463. The van der Waals surface area contributed by atoms with E-state index >= 15 is 0 Å². The SMILES string of the molecule is CCOc1cc(C(=O)NCC2COC3(CCCC3)O2)cc(OCC)c1OCC. The minimum atomic E-state index is -0.418. The Morgan fingerprint density at radius 1 is 1.07 bits per heavy atom. The fourth-order valence-corrected chi connectivity index (χ4v) is 3.72. The van der Waals surface area contributed by atoms with Crippen LogP contribution in [0, 0.1) is 0 Å². The van der Waals surface area contributed by atoms with Gasteiger partial charge in [0.15, 0.2) is 17.3 Å². The zero-order valence-corrected chi connectivity index (χ0v) is 17.0. The summed E-state index contributed by atoms with van der Waals surface area (Å²) in [6.45, 7) is 8.00. The molecular formula is C21H31NO6. The Morgan fingerprint density at radius 2 is 1.68 bits per heavy atom. The largest absolute Gasteiger partial charge is 0.490 e. The summed E-state index contributed by atoms with van der Waals surface area (Å²) < 4.78 is 29.0. The van der Waals surface area contributed by atoms with E-state index in [2.05, 4.69) is 5.32 Å². The van der Waals surface area contributed by atoms with Gasteiger partial charge in [-0.15, -0.1) is 0 Å². The molecule has 3 rings (SSSR count). The summed E-state index contributed by atoms with van der Waals surface area (Å²) in [4.78, 5) is 12.7. The molecule has 1 N–H and O–H groups in total. The molecule has 1 aromatic rings. The highest BCUT2D eigenvalue weighted by molar-refractivity contribution is 5.95. The highest BCUT2D eigenvalue weighted by atomic mass is 16.7. The van der Waals surface area contributed by atoms with E-state index in [0.717, 1.165) is 25.7 Å². The van der Waals surface area contributed by atoms with Crippen molar-refractivity contribution in [1.29, 1.82) is 0 Å². The van der Waals surface area contributed by atoms with Crippen molar-refractivity contribution in [2.24, 2.45) is 0 Å². The maximum Gasteiger partial charge on any atom is 0.251 e. The number of carbonyl (C=O) groups is 1. The molecule has 1 heterocycles. The second-order valence-electron chi connectivity index (χ2n) is 6.98. The first-order chi connectivity index (χ1) is 13.6. The Morgan fingerprint density at radius 3 is 2.25 bits per heavy atom. The zero-order chi connectivity index (χ0) is 20.0. The van der Waals surface area contributed by atoms with Crippen LogP contribution < -0.4 is 19.5 Å². The average molecular weight is 393 g/mol. The summed E-state index contributed by atoms with van der Waals surface area (Å²) in [7, 11) is 0. The normalized spacial score (nSPS) is 20.3. The predicted octanol–water partition coefficient (Wildman–Crippen LogP) is 3.30. The third-order valence-corrected chi connectivity index (χ3v) is 4.94. The Balaban J connectivity index is 1.68. The lowest BCUT2D eigenvalue weighted by Crippen LogP contribution is -2.35. The molecule has 7 nitrogen and oxygen atoms in total. The standard InChI is InChI=1S/C21H31NO6/c1-4-24-17-11-15(12-18(25-5-2)19(17)26-6-3)20(23)22-13-16-14-27-21(28-16)9-7-8-10-21/h11-12,16H,4-10,13-14H2,1-3H3,(H,22,23). The summed E-state index contributed by atoms with van der Waals surface area (Å²) >= 11 is 0. The van der Waals surface area contributed by atoms with E-state index in [0.29, 0.717) is 55.8 Å². The van der Waals surface area contributed by atoms with Crippen molar-refractivity contribution in [3.8, 4) is 17.2 Å². The number of hydrogen-bond acceptors (Lipinski definition) is 6. The monoisotopic (exact) mass is 393 g/mol. The Labute approximate surface area is 166 Å². The first-order valence-corrected chi connectivity index (χ1v) is 10.3. The van der Waals surface area contributed by atoms with Gasteiger partial charge in [-0.25, -0.2) is 0 Å². The van der Waals surface area contributed by atoms with Gasteiger partial charge in [0.2, 0.25) is 5.75 Å². The van der Waals surface area contributed by atoms with Gasteiger partial charge in [-0.1, -0.05) is 0 Å². The lowest BCUT2D eigenvalue weighted by atomic mass is 10.1. The van der Waals surface area contributed by atoms with Crippen LogP contribution in [0.4, 0.5) is 0 Å². The van der Waals surface area contributed by atoms with Crippen molar-refractivity contribution in [2.45, 2.75) is 58.3 Å². The first kappa shape index (κ1) is 20.7. The Hall–Kier alpha value is -1.99. The second-order valence-corrected chi connectivity index (χ2v) is 6.98. The highest BCUT2D eigenvalue weighted by Gasteiger charge is 2.43. The van der Waals surface area contributed by atoms with Crippen molar-refractivity contribution in [1.82, 2.24) is 5.32 Å². The fraction of sp³-hybridized carbons (Fsp3) is 0.667.